The van der Waals surface area contributed by atoms with Crippen molar-refractivity contribution < 1.29 is 19.1 Å². The molecule has 3 aromatic carbocycles. The minimum atomic E-state index is -0.382. The molecule has 7 heteroatoms. The second-order valence-electron chi connectivity index (χ2n) is 7.39. The number of aromatic nitrogens is 1. The lowest BCUT2D eigenvalue weighted by molar-refractivity contribution is -0.143. The van der Waals surface area contributed by atoms with Crippen molar-refractivity contribution in [1.82, 2.24) is 4.57 Å². The molecule has 0 saturated carbocycles. The zero-order chi connectivity index (χ0) is 23.2. The van der Waals surface area contributed by atoms with Crippen LogP contribution in [0.2, 0.25) is 0 Å². The molecule has 0 spiro atoms. The molecule has 33 heavy (non-hydrogen) atoms. The summed E-state index contributed by atoms with van der Waals surface area (Å²) in [6, 6.07) is 23.2. The van der Waals surface area contributed by atoms with E-state index in [4.69, 9.17) is 9.47 Å². The predicted molar refractivity (Wildman–Crippen MR) is 129 cm³/mol. The van der Waals surface area contributed by atoms with E-state index in [0.29, 0.717) is 16.1 Å². The minimum Gasteiger partial charge on any atom is -0.497 e. The highest BCUT2D eigenvalue weighted by Gasteiger charge is 2.14. The Morgan fingerprint density at radius 1 is 0.970 bits per heavy atom. The van der Waals surface area contributed by atoms with Gasteiger partial charge in [0.1, 0.15) is 12.3 Å². The lowest BCUT2D eigenvalue weighted by atomic mass is 10.0. The van der Waals surface area contributed by atoms with Crippen molar-refractivity contribution in [3.63, 3.8) is 0 Å². The third kappa shape index (κ3) is 5.38. The van der Waals surface area contributed by atoms with E-state index in [1.165, 1.54) is 16.9 Å². The number of thiazole rings is 1. The van der Waals surface area contributed by atoms with E-state index in [9.17, 15) is 9.59 Å². The molecule has 0 bridgehead atoms. The number of amides is 1. The summed E-state index contributed by atoms with van der Waals surface area (Å²) in [6.07, 6.45) is 0.796. The van der Waals surface area contributed by atoms with Crippen LogP contribution in [0.5, 0.6) is 5.75 Å². The maximum Gasteiger partial charge on any atom is 0.326 e. The number of rotatable bonds is 7. The van der Waals surface area contributed by atoms with E-state index >= 15 is 0 Å². The van der Waals surface area contributed by atoms with Gasteiger partial charge in [0.25, 0.3) is 5.91 Å². The van der Waals surface area contributed by atoms with Crippen LogP contribution in [0.15, 0.2) is 77.8 Å². The van der Waals surface area contributed by atoms with Crippen molar-refractivity contribution in [2.75, 3.05) is 13.7 Å². The standard InChI is InChI=1S/C26H24N2O4S/c1-3-32-24(29)17-28-22-14-13-21(31-2)16-23(22)33-26(28)27-25(30)20-11-9-19(10-12-20)15-18-7-5-4-6-8-18/h4-14,16H,3,15,17H2,1-2H3. The number of methoxy groups -OCH3 is 1. The monoisotopic (exact) mass is 460 g/mol. The van der Waals surface area contributed by atoms with Gasteiger partial charge in [0.2, 0.25) is 0 Å². The minimum absolute atomic E-state index is 0.0255. The van der Waals surface area contributed by atoms with E-state index in [1.807, 2.05) is 48.5 Å². The van der Waals surface area contributed by atoms with Gasteiger partial charge < -0.3 is 14.0 Å². The quantitative estimate of drug-likeness (QED) is 0.378. The molecule has 6 nitrogen and oxygen atoms in total. The maximum absolute atomic E-state index is 12.9. The number of nitrogens with zero attached hydrogens (tertiary/aromatic N) is 2. The van der Waals surface area contributed by atoms with Crippen molar-refractivity contribution in [2.24, 2.45) is 4.99 Å². The summed E-state index contributed by atoms with van der Waals surface area (Å²) in [6.45, 7) is 2.02. The van der Waals surface area contributed by atoms with Crippen LogP contribution < -0.4 is 9.54 Å². The Bertz CT molecular complexity index is 1340. The van der Waals surface area contributed by atoms with Crippen molar-refractivity contribution in [3.8, 4) is 5.75 Å². The largest absolute Gasteiger partial charge is 0.497 e. The summed E-state index contributed by atoms with van der Waals surface area (Å²) in [5, 5.41) is 0. The first kappa shape index (κ1) is 22.5. The number of carbonyl (C=O) groups excluding carboxylic acids is 2. The SMILES string of the molecule is CCOC(=O)Cn1c(=NC(=O)c2ccc(Cc3ccccc3)cc2)sc2cc(OC)ccc21. The number of hydrogen-bond donors (Lipinski definition) is 0. The van der Waals surface area contributed by atoms with Crippen LogP contribution in [0.25, 0.3) is 10.2 Å². The highest BCUT2D eigenvalue weighted by molar-refractivity contribution is 7.16. The van der Waals surface area contributed by atoms with E-state index < -0.39 is 0 Å². The highest BCUT2D eigenvalue weighted by Crippen LogP contribution is 2.23. The summed E-state index contributed by atoms with van der Waals surface area (Å²) >= 11 is 1.33. The van der Waals surface area contributed by atoms with Gasteiger partial charge in [-0.05, 0) is 54.8 Å². The summed E-state index contributed by atoms with van der Waals surface area (Å²) in [5.74, 6) is -0.0523. The van der Waals surface area contributed by atoms with Gasteiger partial charge in [-0.25, -0.2) is 0 Å². The third-order valence-electron chi connectivity index (χ3n) is 5.13. The number of carbonyl (C=O) groups is 2. The van der Waals surface area contributed by atoms with Crippen molar-refractivity contribution >= 4 is 33.4 Å². The Kier molecular flexibility index (Phi) is 7.00. The Labute approximate surface area is 195 Å². The molecule has 4 aromatic rings. The van der Waals surface area contributed by atoms with Crippen molar-refractivity contribution in [1.29, 1.82) is 0 Å². The van der Waals surface area contributed by atoms with E-state index in [2.05, 4.69) is 17.1 Å². The second kappa shape index (κ2) is 10.3. The topological polar surface area (TPSA) is 69.9 Å². The molecule has 1 heterocycles. The Morgan fingerprint density at radius 3 is 2.39 bits per heavy atom. The highest BCUT2D eigenvalue weighted by atomic mass is 32.1. The van der Waals surface area contributed by atoms with E-state index in [1.54, 1.807) is 30.7 Å². The number of fused-ring (bicyclic) bond motifs is 1. The first-order valence-corrected chi connectivity index (χ1v) is 11.4. The van der Waals surface area contributed by atoms with Gasteiger partial charge in [-0.15, -0.1) is 0 Å². The van der Waals surface area contributed by atoms with Crippen LogP contribution in [0.1, 0.15) is 28.4 Å². The van der Waals surface area contributed by atoms with Crippen molar-refractivity contribution in [3.05, 3.63) is 94.3 Å². The molecule has 0 atom stereocenters. The van der Waals surface area contributed by atoms with Crippen LogP contribution in [0.3, 0.4) is 0 Å². The van der Waals surface area contributed by atoms with Crippen LogP contribution in [-0.4, -0.2) is 30.2 Å². The molecule has 1 amide bonds. The third-order valence-corrected chi connectivity index (χ3v) is 6.17. The molecule has 168 valence electrons. The molecule has 1 aromatic heterocycles. The van der Waals surface area contributed by atoms with Gasteiger partial charge in [0, 0.05) is 5.56 Å². The molecule has 0 saturated heterocycles. The van der Waals surface area contributed by atoms with Crippen LogP contribution >= 0.6 is 11.3 Å². The fraction of sp³-hybridized carbons (Fsp3) is 0.192. The molecular formula is C26H24N2O4S. The van der Waals surface area contributed by atoms with E-state index in [0.717, 1.165) is 22.2 Å². The van der Waals surface area contributed by atoms with Gasteiger partial charge in [-0.1, -0.05) is 53.8 Å². The zero-order valence-corrected chi connectivity index (χ0v) is 19.3. The van der Waals surface area contributed by atoms with Gasteiger partial charge in [0.15, 0.2) is 4.80 Å². The Hall–Kier alpha value is -3.71. The van der Waals surface area contributed by atoms with Crippen LogP contribution in [0, 0.1) is 0 Å². The number of benzene rings is 3. The van der Waals surface area contributed by atoms with Gasteiger partial charge >= 0.3 is 5.97 Å². The fourth-order valence-corrected chi connectivity index (χ4v) is 4.56. The average molecular weight is 461 g/mol. The first-order chi connectivity index (χ1) is 16.1. The normalized spacial score (nSPS) is 11.5. The number of hydrogen-bond acceptors (Lipinski definition) is 5. The zero-order valence-electron chi connectivity index (χ0n) is 18.5. The van der Waals surface area contributed by atoms with Crippen LogP contribution in [0.4, 0.5) is 0 Å². The molecule has 4 rings (SSSR count). The summed E-state index contributed by atoms with van der Waals surface area (Å²) in [5.41, 5.74) is 3.61. The molecule has 0 N–H and O–H groups in total. The molecule has 0 aliphatic rings. The summed E-state index contributed by atoms with van der Waals surface area (Å²) in [4.78, 5) is 29.9. The average Bonchev–Trinajstić information content (AvgIpc) is 3.16. The summed E-state index contributed by atoms with van der Waals surface area (Å²) < 4.78 is 13.0. The molecular weight excluding hydrogens is 436 g/mol. The van der Waals surface area contributed by atoms with E-state index in [-0.39, 0.29) is 25.0 Å². The molecule has 0 aliphatic carbocycles. The smallest absolute Gasteiger partial charge is 0.326 e. The fourth-order valence-electron chi connectivity index (χ4n) is 3.50. The lowest BCUT2D eigenvalue weighted by Crippen LogP contribution is -2.23. The summed E-state index contributed by atoms with van der Waals surface area (Å²) in [7, 11) is 1.59. The number of esters is 1. The van der Waals surface area contributed by atoms with Gasteiger partial charge in [-0.3, -0.25) is 9.59 Å². The van der Waals surface area contributed by atoms with Crippen molar-refractivity contribution in [2.45, 2.75) is 19.9 Å². The maximum atomic E-state index is 12.9. The van der Waals surface area contributed by atoms with Gasteiger partial charge in [0.05, 0.1) is 23.9 Å². The second-order valence-corrected chi connectivity index (χ2v) is 8.39. The molecule has 0 fully saturated rings. The number of ether oxygens (including phenoxy) is 2. The molecule has 0 aliphatic heterocycles. The Morgan fingerprint density at radius 2 is 1.70 bits per heavy atom. The lowest BCUT2D eigenvalue weighted by Gasteiger charge is -2.06. The molecule has 0 unspecified atom stereocenters. The first-order valence-electron chi connectivity index (χ1n) is 10.6. The van der Waals surface area contributed by atoms with Gasteiger partial charge in [-0.2, -0.15) is 4.99 Å². The Balaban J connectivity index is 1.65. The predicted octanol–water partition coefficient (Wildman–Crippen LogP) is 4.61. The molecule has 0 radical (unpaired) electrons. The van der Waals surface area contributed by atoms with Crippen LogP contribution in [-0.2, 0) is 22.5 Å².